The van der Waals surface area contributed by atoms with E-state index in [9.17, 15) is 4.79 Å². The number of fused-ring (bicyclic) bond motifs is 1. The maximum atomic E-state index is 12.3. The number of benzene rings is 1. The molecule has 1 aromatic carbocycles. The van der Waals surface area contributed by atoms with Crippen molar-refractivity contribution in [2.45, 2.75) is 26.4 Å². The summed E-state index contributed by atoms with van der Waals surface area (Å²) < 4.78 is 16.4. The molecular weight excluding hydrogens is 344 g/mol. The monoisotopic (exact) mass is 364 g/mol. The van der Waals surface area contributed by atoms with Crippen LogP contribution in [0.1, 0.15) is 40.4 Å². The number of amides is 1. The number of nitrogens with two attached hydrogens (primary N) is 1. The van der Waals surface area contributed by atoms with Crippen LogP contribution in [-0.2, 0) is 6.54 Å². The van der Waals surface area contributed by atoms with Crippen molar-refractivity contribution in [3.05, 3.63) is 53.2 Å². The first-order chi connectivity index (χ1) is 11.5. The zero-order valence-corrected chi connectivity index (χ0v) is 15.1. The van der Waals surface area contributed by atoms with Crippen LogP contribution in [0.2, 0.25) is 0 Å². The summed E-state index contributed by atoms with van der Waals surface area (Å²) in [6, 6.07) is 6.99. The Labute approximate surface area is 151 Å². The van der Waals surface area contributed by atoms with Gasteiger partial charge < -0.3 is 24.6 Å². The molecule has 1 atom stereocenters. The minimum absolute atomic E-state index is 0. The Hall–Kier alpha value is -2.44. The van der Waals surface area contributed by atoms with E-state index < -0.39 is 0 Å². The van der Waals surface area contributed by atoms with Crippen molar-refractivity contribution in [1.29, 1.82) is 0 Å². The van der Waals surface area contributed by atoms with Crippen molar-refractivity contribution in [2.24, 2.45) is 5.73 Å². The lowest BCUT2D eigenvalue weighted by atomic mass is 10.1. The third kappa shape index (κ3) is 3.65. The van der Waals surface area contributed by atoms with Crippen LogP contribution in [0.15, 0.2) is 39.4 Å². The molecule has 0 aliphatic rings. The summed E-state index contributed by atoms with van der Waals surface area (Å²) >= 11 is 0. The molecule has 3 aromatic rings. The quantitative estimate of drug-likeness (QED) is 0.720. The predicted molar refractivity (Wildman–Crippen MR) is 97.2 cm³/mol. The number of carbonyl (C=O) groups is 1. The molecule has 0 saturated heterocycles. The third-order valence-corrected chi connectivity index (χ3v) is 4.04. The molecule has 2 aromatic heterocycles. The molecule has 0 saturated carbocycles. The van der Waals surface area contributed by atoms with Crippen LogP contribution in [0.4, 0.5) is 0 Å². The van der Waals surface area contributed by atoms with Gasteiger partial charge in [-0.05, 0) is 38.1 Å². The zero-order chi connectivity index (χ0) is 17.3. The predicted octanol–water partition coefficient (Wildman–Crippen LogP) is 3.71. The van der Waals surface area contributed by atoms with Gasteiger partial charge in [0.2, 0.25) is 0 Å². The van der Waals surface area contributed by atoms with Gasteiger partial charge in [-0.15, -0.1) is 12.4 Å². The Morgan fingerprint density at radius 2 is 2.12 bits per heavy atom. The fourth-order valence-corrected chi connectivity index (χ4v) is 2.71. The normalized spacial score (nSPS) is 11.8. The molecule has 25 heavy (non-hydrogen) atoms. The third-order valence-electron chi connectivity index (χ3n) is 4.04. The van der Waals surface area contributed by atoms with Crippen LogP contribution in [0, 0.1) is 6.92 Å². The van der Waals surface area contributed by atoms with Gasteiger partial charge in [-0.25, -0.2) is 0 Å². The zero-order valence-electron chi connectivity index (χ0n) is 14.3. The van der Waals surface area contributed by atoms with Gasteiger partial charge in [0, 0.05) is 10.9 Å². The summed E-state index contributed by atoms with van der Waals surface area (Å²) in [6.07, 6.45) is 1.40. The van der Waals surface area contributed by atoms with Crippen molar-refractivity contribution in [2.75, 3.05) is 7.11 Å². The summed E-state index contributed by atoms with van der Waals surface area (Å²) in [5.41, 5.74) is 7.67. The summed E-state index contributed by atoms with van der Waals surface area (Å²) in [7, 11) is 1.63. The SMILES string of the molecule is COc1ccc2oc(C(C)NC(=O)c3coc(CN)c3)c(C)c2c1.Cl. The summed E-state index contributed by atoms with van der Waals surface area (Å²) in [5, 5.41) is 3.89. The van der Waals surface area contributed by atoms with E-state index in [1.54, 1.807) is 13.2 Å². The second-order valence-electron chi connectivity index (χ2n) is 5.65. The van der Waals surface area contributed by atoms with Crippen LogP contribution in [0.3, 0.4) is 0 Å². The molecule has 2 heterocycles. The summed E-state index contributed by atoms with van der Waals surface area (Å²) in [5.74, 6) is 1.82. The van der Waals surface area contributed by atoms with Gasteiger partial charge in [0.05, 0.1) is 25.3 Å². The van der Waals surface area contributed by atoms with Crippen molar-refractivity contribution >= 4 is 29.3 Å². The second-order valence-corrected chi connectivity index (χ2v) is 5.65. The van der Waals surface area contributed by atoms with Crippen LogP contribution in [-0.4, -0.2) is 13.0 Å². The molecule has 3 N–H and O–H groups in total. The molecule has 1 amide bonds. The van der Waals surface area contributed by atoms with Crippen LogP contribution in [0.25, 0.3) is 11.0 Å². The average Bonchev–Trinajstić information content (AvgIpc) is 3.19. The molecule has 134 valence electrons. The van der Waals surface area contributed by atoms with Crippen LogP contribution < -0.4 is 15.8 Å². The van der Waals surface area contributed by atoms with Crippen molar-refractivity contribution in [1.82, 2.24) is 5.32 Å². The number of aryl methyl sites for hydroxylation is 1. The number of rotatable bonds is 5. The molecule has 0 radical (unpaired) electrons. The van der Waals surface area contributed by atoms with E-state index in [1.807, 2.05) is 32.0 Å². The van der Waals surface area contributed by atoms with E-state index in [0.717, 1.165) is 22.3 Å². The number of methoxy groups -OCH3 is 1. The maximum absolute atomic E-state index is 12.3. The minimum Gasteiger partial charge on any atom is -0.497 e. The number of carbonyl (C=O) groups excluding carboxylic acids is 1. The molecular formula is C18H21ClN2O4. The van der Waals surface area contributed by atoms with E-state index in [1.165, 1.54) is 6.26 Å². The number of nitrogens with one attached hydrogen (secondary N) is 1. The van der Waals surface area contributed by atoms with Gasteiger partial charge >= 0.3 is 0 Å². The molecule has 7 heteroatoms. The molecule has 0 aliphatic heterocycles. The second kappa shape index (κ2) is 7.63. The van der Waals surface area contributed by atoms with E-state index >= 15 is 0 Å². The Kier molecular flexibility index (Phi) is 5.77. The lowest BCUT2D eigenvalue weighted by molar-refractivity contribution is 0.0935. The molecule has 1 unspecified atom stereocenters. The molecule has 3 rings (SSSR count). The highest BCUT2D eigenvalue weighted by Crippen LogP contribution is 2.32. The van der Waals surface area contributed by atoms with E-state index in [4.69, 9.17) is 19.3 Å². The summed E-state index contributed by atoms with van der Waals surface area (Å²) in [4.78, 5) is 12.3. The Morgan fingerprint density at radius 1 is 1.36 bits per heavy atom. The van der Waals surface area contributed by atoms with Crippen molar-refractivity contribution in [3.63, 3.8) is 0 Å². The first kappa shape index (κ1) is 18.9. The van der Waals surface area contributed by atoms with Gasteiger partial charge in [0.1, 0.15) is 29.1 Å². The fourth-order valence-electron chi connectivity index (χ4n) is 2.71. The van der Waals surface area contributed by atoms with Crippen molar-refractivity contribution in [3.8, 4) is 5.75 Å². The highest BCUT2D eigenvalue weighted by molar-refractivity contribution is 5.94. The van der Waals surface area contributed by atoms with E-state index in [-0.39, 0.29) is 30.9 Å². The maximum Gasteiger partial charge on any atom is 0.255 e. The molecule has 0 aliphatic carbocycles. The standard InChI is InChI=1S/C18H20N2O4.ClH/c1-10-15-7-13(22-3)4-5-16(15)24-17(10)11(2)20-18(21)12-6-14(8-19)23-9-12;/h4-7,9,11H,8,19H2,1-3H3,(H,20,21);1H. The van der Waals surface area contributed by atoms with Crippen LogP contribution >= 0.6 is 12.4 Å². The first-order valence-electron chi connectivity index (χ1n) is 7.69. The largest absolute Gasteiger partial charge is 0.497 e. The minimum atomic E-state index is -0.285. The highest BCUT2D eigenvalue weighted by Gasteiger charge is 2.20. The Balaban J connectivity index is 0.00000225. The number of hydrogen-bond donors (Lipinski definition) is 2. The molecule has 0 bridgehead atoms. The van der Waals surface area contributed by atoms with Crippen LogP contribution in [0.5, 0.6) is 5.75 Å². The molecule has 0 fully saturated rings. The highest BCUT2D eigenvalue weighted by atomic mass is 35.5. The first-order valence-corrected chi connectivity index (χ1v) is 7.69. The van der Waals surface area contributed by atoms with Crippen molar-refractivity contribution < 1.29 is 18.4 Å². The Morgan fingerprint density at radius 3 is 2.76 bits per heavy atom. The fraction of sp³-hybridized carbons (Fsp3) is 0.278. The van der Waals surface area contributed by atoms with Gasteiger partial charge in [-0.1, -0.05) is 0 Å². The lowest BCUT2D eigenvalue weighted by Gasteiger charge is -2.11. The van der Waals surface area contributed by atoms with Gasteiger partial charge in [0.15, 0.2) is 0 Å². The topological polar surface area (TPSA) is 90.6 Å². The lowest BCUT2D eigenvalue weighted by Crippen LogP contribution is -2.26. The average molecular weight is 365 g/mol. The molecule has 0 spiro atoms. The number of furan rings is 2. The van der Waals surface area contributed by atoms with Gasteiger partial charge in [-0.2, -0.15) is 0 Å². The van der Waals surface area contributed by atoms with E-state index in [2.05, 4.69) is 5.32 Å². The van der Waals surface area contributed by atoms with E-state index in [0.29, 0.717) is 17.1 Å². The number of hydrogen-bond acceptors (Lipinski definition) is 5. The molecule has 6 nitrogen and oxygen atoms in total. The number of ether oxygens (including phenoxy) is 1. The smallest absolute Gasteiger partial charge is 0.255 e. The van der Waals surface area contributed by atoms with Gasteiger partial charge in [-0.3, -0.25) is 4.79 Å². The Bertz CT molecular complexity index is 884. The van der Waals surface area contributed by atoms with Gasteiger partial charge in [0.25, 0.3) is 5.91 Å². The summed E-state index contributed by atoms with van der Waals surface area (Å²) in [6.45, 7) is 4.10. The number of halogens is 1.